The summed E-state index contributed by atoms with van der Waals surface area (Å²) < 4.78 is 6.97. The first-order valence-corrected chi connectivity index (χ1v) is 11.3. The van der Waals surface area contributed by atoms with Crippen molar-refractivity contribution in [3.63, 3.8) is 0 Å². The Balaban J connectivity index is 2.29. The van der Waals surface area contributed by atoms with Crippen molar-refractivity contribution in [2.75, 3.05) is 25.5 Å². The van der Waals surface area contributed by atoms with Crippen LogP contribution < -0.4 is 10.1 Å². The monoisotopic (exact) mass is 442 g/mol. The molecule has 0 aliphatic carbocycles. The van der Waals surface area contributed by atoms with Crippen LogP contribution >= 0.6 is 0 Å². The Morgan fingerprint density at radius 3 is 2.25 bits per heavy atom. The van der Waals surface area contributed by atoms with Crippen LogP contribution in [0.1, 0.15) is 60.6 Å². The van der Waals surface area contributed by atoms with Crippen molar-refractivity contribution in [1.29, 1.82) is 0 Å². The first-order valence-electron chi connectivity index (χ1n) is 11.3. The number of rotatable bonds is 9. The van der Waals surface area contributed by atoms with Gasteiger partial charge < -0.3 is 15.0 Å². The van der Waals surface area contributed by atoms with E-state index in [2.05, 4.69) is 39.9 Å². The smallest absolute Gasteiger partial charge is 0.245 e. The maximum Gasteiger partial charge on any atom is 0.245 e. The Morgan fingerprint density at radius 1 is 1.12 bits per heavy atom. The zero-order chi connectivity index (χ0) is 24.1. The SMILES string of the molecule is COc1ccc(-n2nc(C(C)(C)C)cc2NC(=O)CN(CCC(C)C)C(=O)C(C)C)cc1. The van der Waals surface area contributed by atoms with Crippen molar-refractivity contribution in [2.24, 2.45) is 11.8 Å². The van der Waals surface area contributed by atoms with Gasteiger partial charge in [0, 0.05) is 23.9 Å². The molecule has 0 atom stereocenters. The van der Waals surface area contributed by atoms with Crippen LogP contribution in [0.5, 0.6) is 5.75 Å². The van der Waals surface area contributed by atoms with Gasteiger partial charge in [0.2, 0.25) is 11.8 Å². The Kier molecular flexibility index (Phi) is 8.47. The topological polar surface area (TPSA) is 76.5 Å². The second-order valence-electron chi connectivity index (χ2n) is 9.92. The summed E-state index contributed by atoms with van der Waals surface area (Å²) in [6.07, 6.45) is 0.851. The molecule has 7 nitrogen and oxygen atoms in total. The molecule has 1 N–H and O–H groups in total. The maximum absolute atomic E-state index is 13.0. The van der Waals surface area contributed by atoms with Crippen LogP contribution in [-0.4, -0.2) is 46.7 Å². The summed E-state index contributed by atoms with van der Waals surface area (Å²) in [5.74, 6) is 1.36. The molecule has 0 aliphatic heterocycles. The Bertz CT molecular complexity index is 908. The van der Waals surface area contributed by atoms with E-state index >= 15 is 0 Å². The lowest BCUT2D eigenvalue weighted by Gasteiger charge is -2.25. The van der Waals surface area contributed by atoms with Gasteiger partial charge in [0.25, 0.3) is 0 Å². The number of carbonyl (C=O) groups excluding carboxylic acids is 2. The third kappa shape index (κ3) is 6.84. The molecule has 0 saturated heterocycles. The van der Waals surface area contributed by atoms with Crippen LogP contribution in [0.3, 0.4) is 0 Å². The summed E-state index contributed by atoms with van der Waals surface area (Å²) in [5.41, 5.74) is 1.48. The molecule has 7 heteroatoms. The van der Waals surface area contributed by atoms with Gasteiger partial charge in [-0.15, -0.1) is 0 Å². The number of methoxy groups -OCH3 is 1. The van der Waals surface area contributed by atoms with Crippen LogP contribution in [0, 0.1) is 11.8 Å². The normalized spacial score (nSPS) is 11.7. The van der Waals surface area contributed by atoms with Crippen molar-refractivity contribution < 1.29 is 14.3 Å². The predicted molar refractivity (Wildman–Crippen MR) is 128 cm³/mol. The summed E-state index contributed by atoms with van der Waals surface area (Å²) in [6, 6.07) is 9.39. The molecule has 0 fully saturated rings. The number of nitrogens with zero attached hydrogens (tertiary/aromatic N) is 3. The average Bonchev–Trinajstić information content (AvgIpc) is 3.14. The van der Waals surface area contributed by atoms with Gasteiger partial charge in [0.05, 0.1) is 25.0 Å². The zero-order valence-electron chi connectivity index (χ0n) is 20.7. The molecule has 1 aromatic heterocycles. The summed E-state index contributed by atoms with van der Waals surface area (Å²) >= 11 is 0. The van der Waals surface area contributed by atoms with E-state index in [0.717, 1.165) is 23.6 Å². The number of ether oxygens (including phenoxy) is 1. The summed E-state index contributed by atoms with van der Waals surface area (Å²) in [4.78, 5) is 27.3. The molecular formula is C25H38N4O3. The Labute approximate surface area is 192 Å². The average molecular weight is 443 g/mol. The van der Waals surface area contributed by atoms with Gasteiger partial charge in [0.1, 0.15) is 11.6 Å². The number of hydrogen-bond acceptors (Lipinski definition) is 4. The number of anilines is 1. The quantitative estimate of drug-likeness (QED) is 0.613. The van der Waals surface area contributed by atoms with Gasteiger partial charge in [-0.3, -0.25) is 9.59 Å². The molecule has 0 bridgehead atoms. The van der Waals surface area contributed by atoms with Crippen molar-refractivity contribution in [3.05, 3.63) is 36.0 Å². The second-order valence-corrected chi connectivity index (χ2v) is 9.92. The van der Waals surface area contributed by atoms with Gasteiger partial charge in [0.15, 0.2) is 0 Å². The Morgan fingerprint density at radius 2 is 1.75 bits per heavy atom. The summed E-state index contributed by atoms with van der Waals surface area (Å²) in [5, 5.41) is 7.72. The number of nitrogens with one attached hydrogen (secondary N) is 1. The van der Waals surface area contributed by atoms with E-state index in [1.54, 1.807) is 16.7 Å². The minimum Gasteiger partial charge on any atom is -0.497 e. The lowest BCUT2D eigenvalue weighted by molar-refractivity contribution is -0.137. The predicted octanol–water partition coefficient (Wildman–Crippen LogP) is 4.65. The molecule has 32 heavy (non-hydrogen) atoms. The van der Waals surface area contributed by atoms with Crippen LogP contribution in [0.15, 0.2) is 30.3 Å². The number of benzene rings is 1. The standard InChI is InChI=1S/C25H38N4O3/c1-17(2)13-14-28(24(31)18(3)4)16-23(30)26-22-15-21(25(5,6)7)27-29(22)19-9-11-20(32-8)12-10-19/h9-12,15,17-18H,13-14,16H2,1-8H3,(H,26,30). The minimum atomic E-state index is -0.238. The molecule has 176 valence electrons. The summed E-state index contributed by atoms with van der Waals surface area (Å²) in [7, 11) is 1.62. The van der Waals surface area contributed by atoms with E-state index in [-0.39, 0.29) is 29.7 Å². The van der Waals surface area contributed by atoms with E-state index in [0.29, 0.717) is 18.3 Å². The lowest BCUT2D eigenvalue weighted by atomic mass is 9.92. The van der Waals surface area contributed by atoms with E-state index in [1.165, 1.54) is 0 Å². The molecule has 0 radical (unpaired) electrons. The van der Waals surface area contributed by atoms with Crippen molar-refractivity contribution >= 4 is 17.6 Å². The van der Waals surface area contributed by atoms with E-state index < -0.39 is 0 Å². The molecule has 2 rings (SSSR count). The highest BCUT2D eigenvalue weighted by Crippen LogP contribution is 2.27. The largest absolute Gasteiger partial charge is 0.497 e. The van der Waals surface area contributed by atoms with E-state index in [9.17, 15) is 9.59 Å². The molecular weight excluding hydrogens is 404 g/mol. The van der Waals surface area contributed by atoms with Crippen LogP contribution in [0.4, 0.5) is 5.82 Å². The molecule has 2 amide bonds. The first kappa shape index (κ1) is 25.4. The van der Waals surface area contributed by atoms with Gasteiger partial charge >= 0.3 is 0 Å². The van der Waals surface area contributed by atoms with E-state index in [4.69, 9.17) is 9.84 Å². The Hall–Kier alpha value is -2.83. The lowest BCUT2D eigenvalue weighted by Crippen LogP contribution is -2.41. The van der Waals surface area contributed by atoms with Gasteiger partial charge in [-0.25, -0.2) is 4.68 Å². The number of hydrogen-bond donors (Lipinski definition) is 1. The van der Waals surface area contributed by atoms with Crippen molar-refractivity contribution in [3.8, 4) is 11.4 Å². The molecule has 0 spiro atoms. The molecule has 1 aromatic carbocycles. The molecule has 1 heterocycles. The number of amides is 2. The highest BCUT2D eigenvalue weighted by atomic mass is 16.5. The van der Waals surface area contributed by atoms with Gasteiger partial charge in [-0.2, -0.15) is 5.10 Å². The van der Waals surface area contributed by atoms with E-state index in [1.807, 2.05) is 44.2 Å². The maximum atomic E-state index is 13.0. The van der Waals surface area contributed by atoms with Crippen LogP contribution in [0.2, 0.25) is 0 Å². The van der Waals surface area contributed by atoms with Crippen LogP contribution in [-0.2, 0) is 15.0 Å². The highest BCUT2D eigenvalue weighted by Gasteiger charge is 2.24. The summed E-state index contributed by atoms with van der Waals surface area (Å²) in [6.45, 7) is 14.7. The van der Waals surface area contributed by atoms with Gasteiger partial charge in [-0.1, -0.05) is 48.5 Å². The highest BCUT2D eigenvalue weighted by molar-refractivity contribution is 5.94. The third-order valence-electron chi connectivity index (χ3n) is 5.18. The zero-order valence-corrected chi connectivity index (χ0v) is 20.7. The fourth-order valence-electron chi connectivity index (χ4n) is 3.16. The third-order valence-corrected chi connectivity index (χ3v) is 5.18. The molecule has 0 unspecified atom stereocenters. The van der Waals surface area contributed by atoms with Crippen molar-refractivity contribution in [2.45, 2.75) is 60.3 Å². The fourth-order valence-corrected chi connectivity index (χ4v) is 3.16. The molecule has 0 saturated carbocycles. The minimum absolute atomic E-state index is 0.0140. The second kappa shape index (κ2) is 10.7. The van der Waals surface area contributed by atoms with Crippen LogP contribution in [0.25, 0.3) is 5.69 Å². The molecule has 0 aliphatic rings. The molecule has 2 aromatic rings. The number of aromatic nitrogens is 2. The number of carbonyl (C=O) groups is 2. The van der Waals surface area contributed by atoms with Crippen molar-refractivity contribution in [1.82, 2.24) is 14.7 Å². The van der Waals surface area contributed by atoms with Gasteiger partial charge in [-0.05, 0) is 36.6 Å². The fraction of sp³-hybridized carbons (Fsp3) is 0.560. The first-order chi connectivity index (χ1) is 14.9.